The van der Waals surface area contributed by atoms with Crippen LogP contribution in [-0.4, -0.2) is 95.3 Å². The van der Waals surface area contributed by atoms with Crippen LogP contribution in [0.25, 0.3) is 23.3 Å². The predicted octanol–water partition coefficient (Wildman–Crippen LogP) is 16.8. The average molecular weight is 2130 g/mol. The number of nitrogens with one attached hydrogen (secondary N) is 3. The number of terminal acetylenes is 1. The van der Waals surface area contributed by atoms with E-state index in [0.717, 1.165) is 158 Å². The Kier molecular flexibility index (Phi) is 51.6. The Morgan fingerprint density at radius 1 is 0.583 bits per heavy atom. The van der Waals surface area contributed by atoms with Crippen LogP contribution in [0, 0.1) is 57.7 Å². The van der Waals surface area contributed by atoms with Crippen LogP contribution < -0.4 is 44.7 Å². The van der Waals surface area contributed by atoms with E-state index < -0.39 is 0 Å². The largest absolute Gasteiger partial charge is 0.442 e. The molecule has 0 fully saturated rings. The van der Waals surface area contributed by atoms with E-state index in [1.807, 2.05) is 196 Å². The number of hydrogen-bond acceptors (Lipinski definition) is 22. The van der Waals surface area contributed by atoms with Crippen LogP contribution >= 0.6 is 96.3 Å². The number of alkyl halides is 1. The van der Waals surface area contributed by atoms with Crippen molar-refractivity contribution in [3.63, 3.8) is 0 Å². The van der Waals surface area contributed by atoms with E-state index in [2.05, 4.69) is 136 Å². The van der Waals surface area contributed by atoms with Crippen molar-refractivity contribution >= 4 is 164 Å². The van der Waals surface area contributed by atoms with Gasteiger partial charge in [0, 0.05) is 138 Å². The number of benzene rings is 5. The number of ketones is 2. The summed E-state index contributed by atoms with van der Waals surface area (Å²) in [5, 5.41) is 50.1. The van der Waals surface area contributed by atoms with Gasteiger partial charge in [0.15, 0.2) is 16.7 Å². The number of carbonyl (C=O) groups excluding carboxylic acids is 6. The van der Waals surface area contributed by atoms with Gasteiger partial charge in [0.25, 0.3) is 0 Å². The van der Waals surface area contributed by atoms with Gasteiger partial charge in [0.2, 0.25) is 33.8 Å². The summed E-state index contributed by atoms with van der Waals surface area (Å²) in [5.74, 6) is 7.36. The predicted molar refractivity (Wildman–Crippen MR) is 539 cm³/mol. The summed E-state index contributed by atoms with van der Waals surface area (Å²) in [7, 11) is 0. The standard InChI is InChI=1S/C28H27N5O2S.C19H19N3O.C18H17N3O2.C10H11IN2O2.C9H8.C5H8BrN.C5H4INO2.C3H5ClO.CH5N3S/c34-25(18-21-11-5-2-6-12-21)30-27-32-31-26(36-27)13-7-8-14-33-19-23-16-22(17-24(23)29-28(33)35)15-20-9-3-1-4-10-20;20-9-5-2-6-10-22-14-17-12-16(13-18(17)21-19(22)23)11-15-7-3-1-4-8-15;19-9-5-2-6-10-21-13-15-12-16(23-17(15)20-18(21)22)11-14-7-3-1-4-8-14;11-8-7-13(5-3-1-2-4-12)10(15)6-9(8)14;1-2-6-9-7-4-3-5-8-9;6-4-2-1-3-5-7;6-3-2-7-5(9)1-4(3)8;1-2-3(4)5;2-1(5)4-3/h1-6,9-12,16,19H,7-8,13-15,17-18H2,(H,30,32,34);1,3-4,7-8,12,14H,2,5-6,10-11,13H2;1,3-4,7-8,12-13H,2,5-6,10-11H2;7H,1-3,5-6H2;1,3-5,7-8H,6H2;1-4H2;2H,1H2,(H,7,9);2H2,1H3;3H2,(H3,2,4,5). The minimum atomic E-state index is -0.310. The Balaban J connectivity index is 0.000000247. The Labute approximate surface area is 818 Å². The number of furan rings is 1. The lowest BCUT2D eigenvalue weighted by Gasteiger charge is -2.22. The zero-order valence-electron chi connectivity index (χ0n) is 73.2. The number of thiocarbonyl (C=S) groups is 1. The molecule has 14 rings (SSSR count). The van der Waals surface area contributed by atoms with Gasteiger partial charge in [-0.05, 0) is 180 Å². The number of aryl methyl sites for hydroxylation is 4. The molecule has 10 aromatic rings. The van der Waals surface area contributed by atoms with Gasteiger partial charge < -0.3 is 31.1 Å². The van der Waals surface area contributed by atoms with Crippen molar-refractivity contribution in [2.24, 2.45) is 11.6 Å². The van der Waals surface area contributed by atoms with Gasteiger partial charge >= 0.3 is 17.1 Å². The number of amides is 3. The number of rotatable bonds is 31. The summed E-state index contributed by atoms with van der Waals surface area (Å²) in [6, 6.07) is 60.6. The molecule has 132 heavy (non-hydrogen) atoms. The van der Waals surface area contributed by atoms with Crippen LogP contribution in [0.1, 0.15) is 177 Å². The molecule has 5 aromatic carbocycles. The van der Waals surface area contributed by atoms with Crippen molar-refractivity contribution in [1.82, 2.24) is 54.5 Å². The summed E-state index contributed by atoms with van der Waals surface area (Å²) < 4.78 is 11.8. The second-order valence-electron chi connectivity index (χ2n) is 29.6. The van der Waals surface area contributed by atoms with E-state index >= 15 is 0 Å². The van der Waals surface area contributed by atoms with Crippen molar-refractivity contribution < 1.29 is 33.2 Å². The highest BCUT2D eigenvalue weighted by atomic mass is 127. The van der Waals surface area contributed by atoms with E-state index in [-0.39, 0.29) is 69.6 Å². The number of hydrogen-bond donors (Lipinski definition) is 5. The molecular weight excluding hydrogens is 2020 g/mol. The topological polar surface area (TPSA) is 433 Å². The highest BCUT2D eigenvalue weighted by Crippen LogP contribution is 2.28. The van der Waals surface area contributed by atoms with E-state index in [4.69, 9.17) is 49.2 Å². The van der Waals surface area contributed by atoms with E-state index in [0.29, 0.717) is 89.1 Å². The molecule has 686 valence electrons. The molecule has 0 radical (unpaired) electrons. The third kappa shape index (κ3) is 42.7. The maximum atomic E-state index is 12.5. The molecule has 5 aromatic heterocycles. The van der Waals surface area contributed by atoms with E-state index in [1.165, 1.54) is 45.4 Å². The van der Waals surface area contributed by atoms with Gasteiger partial charge in [-0.25, -0.2) is 20.2 Å². The zero-order chi connectivity index (χ0) is 95.6. The fraction of sp³-hybridized carbons (Fsp3) is 0.316. The van der Waals surface area contributed by atoms with Gasteiger partial charge in [-0.15, -0.1) is 22.5 Å². The lowest BCUT2D eigenvalue weighted by atomic mass is 10.0. The molecule has 0 saturated heterocycles. The molecular formula is C98H104BrClI2N18O10S2. The first kappa shape index (κ1) is 108. The maximum Gasteiger partial charge on any atom is 0.350 e. The van der Waals surface area contributed by atoms with Crippen LogP contribution in [0.5, 0.6) is 0 Å². The van der Waals surface area contributed by atoms with Crippen LogP contribution in [0.2, 0.25) is 0 Å². The van der Waals surface area contributed by atoms with Gasteiger partial charge in [0.05, 0.1) is 67.5 Å². The fourth-order valence-electron chi connectivity index (χ4n) is 12.6. The number of carbonyl (C=O) groups is 6. The summed E-state index contributed by atoms with van der Waals surface area (Å²) in [6.45, 7) is 4.13. The third-order valence-electron chi connectivity index (χ3n) is 19.1. The SMILES string of the molecule is C#CCc1ccccc1.CCC(=O)Cl.N#CCCCCBr.N#CCCCCN1C=C(I)C(=O)CC1=O.N#CCCCCn1cc2c(nc1=O)CC(Cc1ccccc1)=C2.N#CCCCCn1cc2cc(Cc3ccccc3)oc2nc1=O.NNC(N)=S.O=C(Cc1ccccc1)Nc1nnc(CCCCn2cc3c(nc2=O)CC(Cc2ccccc2)=C3)s1.O=C1CC(=O)C(I)=CN1. The molecule has 3 amide bonds. The smallest absolute Gasteiger partial charge is 0.350 e. The Morgan fingerprint density at radius 2 is 1.02 bits per heavy atom. The number of nitrogens with two attached hydrogens (primary N) is 2. The molecule has 7 heterocycles. The highest BCUT2D eigenvalue weighted by Gasteiger charge is 2.25. The Hall–Kier alpha value is -12.4. The van der Waals surface area contributed by atoms with Crippen molar-refractivity contribution in [3.8, 4) is 36.6 Å². The summed E-state index contributed by atoms with van der Waals surface area (Å²) in [4.78, 5) is 116. The fourth-order valence-corrected chi connectivity index (χ4v) is 14.6. The number of halogens is 4. The molecule has 0 spiro atoms. The second kappa shape index (κ2) is 62.8. The minimum absolute atomic E-state index is 0.00519. The normalized spacial score (nSPS) is 12.1. The number of fused-ring (bicyclic) bond motifs is 3. The number of Topliss-reactive ketones (excluding diaryl/α,β-unsaturated/α-hetero) is 2. The van der Waals surface area contributed by atoms with Crippen LogP contribution in [0.4, 0.5) is 5.13 Å². The summed E-state index contributed by atoms with van der Waals surface area (Å²) in [5.41, 5.74) is 18.8. The number of allylic oxidation sites excluding steroid dienone is 4. The third-order valence-corrected chi connectivity index (χ3v) is 22.8. The zero-order valence-corrected chi connectivity index (χ0v) is 81.5. The molecule has 2 aliphatic carbocycles. The van der Waals surface area contributed by atoms with E-state index in [1.54, 1.807) is 37.9 Å². The number of nitrogens with zero attached hydrogens (tertiary/aromatic N) is 13. The summed E-state index contributed by atoms with van der Waals surface area (Å²) in [6.07, 6.45) is 35.1. The molecule has 0 atom stereocenters. The molecule has 28 nitrogen and oxygen atoms in total. The van der Waals surface area contributed by atoms with Gasteiger partial charge in [-0.1, -0.05) is 209 Å². The quantitative estimate of drug-likeness (QED) is 0.00310. The minimum Gasteiger partial charge on any atom is -0.442 e. The van der Waals surface area contributed by atoms with Crippen molar-refractivity contribution in [2.75, 3.05) is 17.2 Å². The molecule has 0 bridgehead atoms. The number of nitriles is 4. The lowest BCUT2D eigenvalue weighted by molar-refractivity contribution is -0.133. The van der Waals surface area contributed by atoms with Gasteiger partial charge in [-0.3, -0.25) is 42.5 Å². The molecule has 4 aliphatic rings. The number of anilines is 1. The van der Waals surface area contributed by atoms with Crippen molar-refractivity contribution in [3.05, 3.63) is 300 Å². The number of hydrazine groups is 1. The van der Waals surface area contributed by atoms with E-state index in [9.17, 15) is 43.2 Å². The first-order valence-electron chi connectivity index (χ1n) is 42.6. The molecule has 0 unspecified atom stereocenters. The maximum absolute atomic E-state index is 12.5. The highest BCUT2D eigenvalue weighted by molar-refractivity contribution is 14.1. The Bertz CT molecular complexity index is 5960. The lowest BCUT2D eigenvalue weighted by Crippen LogP contribution is -2.34. The number of aromatic nitrogens is 8. The second-order valence-corrected chi connectivity index (χ2v) is 34.6. The molecule has 7 N–H and O–H groups in total. The average Bonchev–Trinajstić information content (AvgIpc) is 1.68. The van der Waals surface area contributed by atoms with Crippen LogP contribution in [0.3, 0.4) is 0 Å². The summed E-state index contributed by atoms with van der Waals surface area (Å²) >= 11 is 17.6. The Morgan fingerprint density at radius 3 is 1.46 bits per heavy atom. The number of unbranched alkanes of at least 4 members (excludes halogenated alkanes) is 9. The molecule has 0 saturated carbocycles. The van der Waals surface area contributed by atoms with Crippen molar-refractivity contribution in [2.45, 2.75) is 187 Å². The first-order chi connectivity index (χ1) is 63.9. The monoisotopic (exact) mass is 2120 g/mol. The molecule has 34 heteroatoms. The van der Waals surface area contributed by atoms with Gasteiger partial charge in [0.1, 0.15) is 10.8 Å². The van der Waals surface area contributed by atoms with Crippen LogP contribution in [-0.2, 0) is 99.8 Å². The van der Waals surface area contributed by atoms with Gasteiger partial charge in [-0.2, -0.15) is 36.0 Å². The molecule has 2 aliphatic heterocycles. The first-order valence-corrected chi connectivity index (χ1v) is 47.5. The van der Waals surface area contributed by atoms with Crippen LogP contribution in [0.15, 0.2) is 226 Å². The van der Waals surface area contributed by atoms with Crippen molar-refractivity contribution in [1.29, 1.82) is 21.0 Å².